The molecule has 14 heteroatoms. The molecule has 5 aromatic rings. The molecular formula is C44H53N5O9. The summed E-state index contributed by atoms with van der Waals surface area (Å²) in [7, 11) is 0. The van der Waals surface area contributed by atoms with Gasteiger partial charge < -0.3 is 43.6 Å². The molecule has 0 bridgehead atoms. The highest BCUT2D eigenvalue weighted by Gasteiger charge is 2.49. The Morgan fingerprint density at radius 3 is 1.71 bits per heavy atom. The molecule has 2 heterocycles. The van der Waals surface area contributed by atoms with Gasteiger partial charge in [-0.1, -0.05) is 126 Å². The van der Waals surface area contributed by atoms with Crippen molar-refractivity contribution in [1.82, 2.24) is 25.5 Å². The molecule has 1 aliphatic heterocycles. The van der Waals surface area contributed by atoms with Gasteiger partial charge in [-0.2, -0.15) is 4.68 Å². The summed E-state index contributed by atoms with van der Waals surface area (Å²) in [4.78, 5) is 12.4. The lowest BCUT2D eigenvalue weighted by molar-refractivity contribution is -0.275. The van der Waals surface area contributed by atoms with Crippen molar-refractivity contribution >= 4 is 6.09 Å². The molecule has 0 radical (unpaired) electrons. The van der Waals surface area contributed by atoms with Crippen LogP contribution in [0.25, 0.3) is 0 Å². The van der Waals surface area contributed by atoms with Crippen molar-refractivity contribution in [3.05, 3.63) is 144 Å². The van der Waals surface area contributed by atoms with E-state index in [4.69, 9.17) is 33.2 Å². The number of carbonyl (C=O) groups is 1. The molecule has 0 aliphatic carbocycles. The summed E-state index contributed by atoms with van der Waals surface area (Å²) in [5.74, 6) is 0. The van der Waals surface area contributed by atoms with Gasteiger partial charge in [-0.15, -0.1) is 0 Å². The van der Waals surface area contributed by atoms with Crippen LogP contribution in [0.15, 0.2) is 121 Å². The van der Waals surface area contributed by atoms with Crippen LogP contribution >= 0.6 is 0 Å². The quantitative estimate of drug-likeness (QED) is 0.0996. The summed E-state index contributed by atoms with van der Waals surface area (Å²) in [6, 6.07) is 39.0. The number of aromatic nitrogens is 4. The number of nitrogens with one attached hydrogen (secondary N) is 1. The Hall–Kier alpha value is -5.22. The van der Waals surface area contributed by atoms with Crippen LogP contribution in [0.1, 0.15) is 43.0 Å². The largest absolute Gasteiger partial charge is 0.460 e. The fourth-order valence-corrected chi connectivity index (χ4v) is 6.41. The fraction of sp³-hybridized carbons (Fsp3) is 0.409. The molecule has 308 valence electrons. The van der Waals surface area contributed by atoms with E-state index >= 15 is 0 Å². The number of hydrogen-bond acceptors (Lipinski definition) is 12. The maximum absolute atomic E-state index is 12.4. The zero-order valence-electron chi connectivity index (χ0n) is 33.2. The number of aliphatic hydroxyl groups is 1. The minimum Gasteiger partial charge on any atom is -0.460 e. The van der Waals surface area contributed by atoms with E-state index in [0.717, 1.165) is 22.3 Å². The summed E-state index contributed by atoms with van der Waals surface area (Å²) >= 11 is 0. The van der Waals surface area contributed by atoms with E-state index in [1.54, 1.807) is 20.8 Å². The second kappa shape index (κ2) is 21.5. The standard InChI is InChI=1S/C44H53N5O9/c1-44(2,3)58-43(51)45-36(25-50)30-56-42-46-47-48-49(42)24-37-39(53-27-33-18-10-5-11-19-33)41(55-29-35-22-14-7-15-23-35)40(54-28-34-20-12-6-13-21-34)38(57-37)31-52-26-32-16-8-4-9-17-32/h4-23,36-41,50H,24-31H2,1-3H3,(H,45,51)/t36-,37+,38-,39+,40+,41-/m1/s1. The van der Waals surface area contributed by atoms with E-state index in [-0.39, 0.29) is 32.4 Å². The zero-order valence-corrected chi connectivity index (χ0v) is 33.2. The number of ether oxygens (including phenoxy) is 7. The fourth-order valence-electron chi connectivity index (χ4n) is 6.41. The van der Waals surface area contributed by atoms with E-state index in [0.29, 0.717) is 19.8 Å². The molecule has 14 nitrogen and oxygen atoms in total. The monoisotopic (exact) mass is 795 g/mol. The van der Waals surface area contributed by atoms with Crippen molar-refractivity contribution in [1.29, 1.82) is 0 Å². The molecule has 58 heavy (non-hydrogen) atoms. The average molecular weight is 796 g/mol. The number of tetrazole rings is 1. The first kappa shape index (κ1) is 42.4. The molecule has 0 unspecified atom stereocenters. The molecule has 1 amide bonds. The molecule has 1 aromatic heterocycles. The number of alkyl carbamates (subject to hydrolysis) is 1. The third-order valence-corrected chi connectivity index (χ3v) is 9.19. The predicted molar refractivity (Wildman–Crippen MR) is 213 cm³/mol. The van der Waals surface area contributed by atoms with Gasteiger partial charge >= 0.3 is 12.1 Å². The van der Waals surface area contributed by atoms with E-state index in [2.05, 4.69) is 20.8 Å². The van der Waals surface area contributed by atoms with Gasteiger partial charge in [0.05, 0.1) is 52.2 Å². The first-order chi connectivity index (χ1) is 28.2. The van der Waals surface area contributed by atoms with Crippen molar-refractivity contribution in [2.75, 3.05) is 19.8 Å². The first-order valence-electron chi connectivity index (χ1n) is 19.5. The van der Waals surface area contributed by atoms with Crippen molar-refractivity contribution in [2.24, 2.45) is 0 Å². The van der Waals surface area contributed by atoms with Crippen LogP contribution in [-0.2, 0) is 61.4 Å². The number of rotatable bonds is 20. The van der Waals surface area contributed by atoms with Crippen LogP contribution in [0.4, 0.5) is 4.79 Å². The number of amides is 1. The smallest absolute Gasteiger partial charge is 0.408 e. The molecule has 0 spiro atoms. The minimum atomic E-state index is -0.794. The maximum atomic E-state index is 12.4. The lowest BCUT2D eigenvalue weighted by Gasteiger charge is -2.46. The van der Waals surface area contributed by atoms with E-state index in [1.165, 1.54) is 4.68 Å². The lowest BCUT2D eigenvalue weighted by Crippen LogP contribution is -2.62. The Balaban J connectivity index is 1.28. The molecule has 1 fully saturated rings. The Labute approximate surface area is 339 Å². The minimum absolute atomic E-state index is 0.0518. The van der Waals surface area contributed by atoms with Crippen molar-refractivity contribution in [2.45, 2.75) is 95.9 Å². The topological polar surface area (TPSA) is 158 Å². The third-order valence-electron chi connectivity index (χ3n) is 9.19. The van der Waals surface area contributed by atoms with E-state index < -0.39 is 54.9 Å². The van der Waals surface area contributed by atoms with Gasteiger partial charge in [-0.25, -0.2) is 4.79 Å². The van der Waals surface area contributed by atoms with Gasteiger partial charge in [0.1, 0.15) is 42.7 Å². The molecule has 1 aliphatic rings. The number of nitrogens with zero attached hydrogens (tertiary/aromatic N) is 4. The second-order valence-corrected chi connectivity index (χ2v) is 15.0. The van der Waals surface area contributed by atoms with Gasteiger partial charge in [0.25, 0.3) is 0 Å². The van der Waals surface area contributed by atoms with Gasteiger partial charge in [0, 0.05) is 0 Å². The van der Waals surface area contributed by atoms with Gasteiger partial charge in [-0.3, -0.25) is 0 Å². The summed E-state index contributed by atoms with van der Waals surface area (Å²) < 4.78 is 46.4. The van der Waals surface area contributed by atoms with Gasteiger partial charge in [0.2, 0.25) is 0 Å². The van der Waals surface area contributed by atoms with Crippen LogP contribution in [0, 0.1) is 0 Å². The summed E-state index contributed by atoms with van der Waals surface area (Å²) in [5, 5.41) is 24.8. The van der Waals surface area contributed by atoms with Crippen LogP contribution in [0.2, 0.25) is 0 Å². The summed E-state index contributed by atoms with van der Waals surface area (Å²) in [5.41, 5.74) is 3.26. The number of aliphatic hydroxyl groups excluding tert-OH is 1. The zero-order chi connectivity index (χ0) is 40.6. The highest BCUT2D eigenvalue weighted by Crippen LogP contribution is 2.32. The molecule has 4 aromatic carbocycles. The highest BCUT2D eigenvalue weighted by atomic mass is 16.6. The van der Waals surface area contributed by atoms with Crippen molar-refractivity contribution in [3.8, 4) is 6.01 Å². The predicted octanol–water partition coefficient (Wildman–Crippen LogP) is 5.68. The van der Waals surface area contributed by atoms with Gasteiger partial charge in [0.15, 0.2) is 0 Å². The van der Waals surface area contributed by atoms with Crippen LogP contribution < -0.4 is 10.1 Å². The summed E-state index contributed by atoms with van der Waals surface area (Å²) in [6.07, 6.45) is -3.93. The van der Waals surface area contributed by atoms with E-state index in [1.807, 2.05) is 121 Å². The Morgan fingerprint density at radius 2 is 1.21 bits per heavy atom. The Morgan fingerprint density at radius 1 is 0.724 bits per heavy atom. The van der Waals surface area contributed by atoms with Gasteiger partial charge in [-0.05, 0) is 53.5 Å². The average Bonchev–Trinajstić information content (AvgIpc) is 3.68. The first-order valence-corrected chi connectivity index (χ1v) is 19.5. The molecular weight excluding hydrogens is 743 g/mol. The Bertz CT molecular complexity index is 1920. The summed E-state index contributed by atoms with van der Waals surface area (Å²) in [6.45, 7) is 6.24. The normalized spacial score (nSPS) is 20.0. The van der Waals surface area contributed by atoms with Crippen molar-refractivity contribution < 1.29 is 43.1 Å². The molecule has 1 saturated heterocycles. The Kier molecular flexibility index (Phi) is 15.7. The number of hydrogen-bond donors (Lipinski definition) is 2. The highest BCUT2D eigenvalue weighted by molar-refractivity contribution is 5.68. The van der Waals surface area contributed by atoms with Crippen molar-refractivity contribution in [3.63, 3.8) is 0 Å². The number of benzene rings is 4. The van der Waals surface area contributed by atoms with E-state index in [9.17, 15) is 9.90 Å². The van der Waals surface area contributed by atoms with Crippen LogP contribution in [-0.4, -0.2) is 93.4 Å². The molecule has 6 atom stereocenters. The maximum Gasteiger partial charge on any atom is 0.408 e. The third kappa shape index (κ3) is 13.2. The SMILES string of the molecule is CC(C)(C)OC(=O)N[C@H](CO)COc1nnnn1C[C@@H]1O[C@H](COCc2ccccc2)[C@H](OCc2ccccc2)[C@H](OCc2ccccc2)[C@H]1OCc1ccccc1. The molecule has 0 saturated carbocycles. The second-order valence-electron chi connectivity index (χ2n) is 15.0. The molecule has 6 rings (SSSR count). The number of carbonyl (C=O) groups excluding carboxylic acids is 1. The van der Waals surface area contributed by atoms with Crippen LogP contribution in [0.5, 0.6) is 6.01 Å². The van der Waals surface area contributed by atoms with Crippen LogP contribution in [0.3, 0.4) is 0 Å². The lowest BCUT2D eigenvalue weighted by atomic mass is 9.93. The molecule has 2 N–H and O–H groups in total.